The highest BCUT2D eigenvalue weighted by molar-refractivity contribution is 5.88. The number of amides is 2. The van der Waals surface area contributed by atoms with Crippen LogP contribution in [0.3, 0.4) is 0 Å². The molecule has 29 heavy (non-hydrogen) atoms. The first-order valence-corrected chi connectivity index (χ1v) is 9.50. The van der Waals surface area contributed by atoms with E-state index in [1.54, 1.807) is 18.2 Å². The predicted molar refractivity (Wildman–Crippen MR) is 112 cm³/mol. The molecular weight excluding hydrogens is 376 g/mol. The van der Waals surface area contributed by atoms with E-state index in [4.69, 9.17) is 18.9 Å². The van der Waals surface area contributed by atoms with Crippen LogP contribution in [0.2, 0.25) is 0 Å². The summed E-state index contributed by atoms with van der Waals surface area (Å²) in [6.45, 7) is 10.4. The molecule has 8 nitrogen and oxygen atoms in total. The number of aryl methyl sites for hydroxylation is 1. The van der Waals surface area contributed by atoms with Gasteiger partial charge in [-0.2, -0.15) is 0 Å². The number of anilines is 2. The molecule has 0 saturated heterocycles. The highest BCUT2D eigenvalue weighted by atomic mass is 16.6. The number of carbonyl (C=O) groups is 2. The van der Waals surface area contributed by atoms with Crippen molar-refractivity contribution in [3.8, 4) is 0 Å². The Morgan fingerprint density at radius 1 is 0.862 bits per heavy atom. The number of carbonyl (C=O) groups excluding carboxylic acids is 2. The minimum absolute atomic E-state index is 0.302. The molecule has 1 aromatic carbocycles. The largest absolute Gasteiger partial charge is 0.502 e. The van der Waals surface area contributed by atoms with Crippen molar-refractivity contribution in [2.45, 2.75) is 32.6 Å². The third kappa shape index (κ3) is 11.3. The lowest BCUT2D eigenvalue weighted by Gasteiger charge is -2.12. The van der Waals surface area contributed by atoms with E-state index in [2.05, 4.69) is 23.8 Å². The van der Waals surface area contributed by atoms with Crippen molar-refractivity contribution < 1.29 is 28.5 Å². The lowest BCUT2D eigenvalue weighted by Crippen LogP contribution is -2.16. The number of hydrogen-bond acceptors (Lipinski definition) is 6. The van der Waals surface area contributed by atoms with Gasteiger partial charge < -0.3 is 18.9 Å². The number of unbranched alkanes of at least 4 members (excludes halogenated alkanes) is 2. The van der Waals surface area contributed by atoms with Gasteiger partial charge >= 0.3 is 12.2 Å². The summed E-state index contributed by atoms with van der Waals surface area (Å²) in [6, 6.07) is 5.10. The second-order valence-corrected chi connectivity index (χ2v) is 6.04. The van der Waals surface area contributed by atoms with Crippen LogP contribution in [0.1, 0.15) is 31.2 Å². The number of hydrogen-bond donors (Lipinski definition) is 2. The van der Waals surface area contributed by atoms with Crippen LogP contribution in [0.4, 0.5) is 21.0 Å². The van der Waals surface area contributed by atoms with Gasteiger partial charge in [0, 0.05) is 11.4 Å². The van der Waals surface area contributed by atoms with Gasteiger partial charge in [0.25, 0.3) is 0 Å². The van der Waals surface area contributed by atoms with E-state index in [1.165, 1.54) is 12.5 Å². The average molecular weight is 406 g/mol. The Bertz CT molecular complexity index is 663. The zero-order valence-electron chi connectivity index (χ0n) is 16.9. The molecule has 1 rings (SSSR count). The maximum atomic E-state index is 11.8. The summed E-state index contributed by atoms with van der Waals surface area (Å²) in [5.41, 5.74) is 1.95. The van der Waals surface area contributed by atoms with Gasteiger partial charge in [0.05, 0.1) is 39.0 Å². The molecule has 0 saturated carbocycles. The first kappa shape index (κ1) is 23.9. The van der Waals surface area contributed by atoms with Crippen LogP contribution in [-0.4, -0.2) is 38.6 Å². The van der Waals surface area contributed by atoms with Gasteiger partial charge in [-0.05, 0) is 56.4 Å². The molecule has 0 aromatic heterocycles. The maximum absolute atomic E-state index is 11.8. The van der Waals surface area contributed by atoms with Crippen LogP contribution >= 0.6 is 0 Å². The van der Waals surface area contributed by atoms with Gasteiger partial charge in [-0.1, -0.05) is 13.2 Å². The summed E-state index contributed by atoms with van der Waals surface area (Å²) in [5.74, 6) is 0. The fraction of sp³-hybridized carbons (Fsp3) is 0.429. The van der Waals surface area contributed by atoms with Gasteiger partial charge in [-0.3, -0.25) is 10.6 Å². The molecule has 0 aliphatic carbocycles. The van der Waals surface area contributed by atoms with Gasteiger partial charge in [0.1, 0.15) is 0 Å². The Morgan fingerprint density at radius 2 is 1.38 bits per heavy atom. The molecular formula is C21H30N2O6. The minimum atomic E-state index is -0.533. The summed E-state index contributed by atoms with van der Waals surface area (Å²) >= 11 is 0. The fourth-order valence-corrected chi connectivity index (χ4v) is 2.25. The fourth-order valence-electron chi connectivity index (χ4n) is 2.25. The summed E-state index contributed by atoms with van der Waals surface area (Å²) in [6.07, 6.45) is 4.66. The Morgan fingerprint density at radius 3 is 1.90 bits per heavy atom. The van der Waals surface area contributed by atoms with E-state index in [-0.39, 0.29) is 0 Å². The van der Waals surface area contributed by atoms with E-state index in [1.807, 2.05) is 6.92 Å². The number of nitrogens with one attached hydrogen (secondary N) is 2. The highest BCUT2D eigenvalue weighted by Gasteiger charge is 2.08. The van der Waals surface area contributed by atoms with E-state index >= 15 is 0 Å². The average Bonchev–Trinajstić information content (AvgIpc) is 2.69. The zero-order valence-corrected chi connectivity index (χ0v) is 16.9. The van der Waals surface area contributed by atoms with Crippen LogP contribution in [0.5, 0.6) is 0 Å². The zero-order chi connectivity index (χ0) is 21.3. The van der Waals surface area contributed by atoms with Crippen LogP contribution in [0.25, 0.3) is 0 Å². The van der Waals surface area contributed by atoms with Crippen molar-refractivity contribution in [3.05, 3.63) is 49.4 Å². The molecule has 0 heterocycles. The van der Waals surface area contributed by atoms with Gasteiger partial charge in [-0.15, -0.1) is 0 Å². The van der Waals surface area contributed by atoms with E-state index in [9.17, 15) is 9.59 Å². The summed E-state index contributed by atoms with van der Waals surface area (Å²) in [5, 5.41) is 5.33. The van der Waals surface area contributed by atoms with Crippen molar-refractivity contribution in [3.63, 3.8) is 0 Å². The predicted octanol–water partition coefficient (Wildman–Crippen LogP) is 4.97. The second kappa shape index (κ2) is 14.8. The third-order valence-electron chi connectivity index (χ3n) is 3.72. The number of rotatable bonds is 14. The Kier molecular flexibility index (Phi) is 12.2. The van der Waals surface area contributed by atoms with Crippen LogP contribution in [0, 0.1) is 6.92 Å². The van der Waals surface area contributed by atoms with Crippen molar-refractivity contribution in [1.29, 1.82) is 0 Å². The first-order valence-electron chi connectivity index (χ1n) is 9.50. The molecule has 0 unspecified atom stereocenters. The molecule has 0 fully saturated rings. The normalized spacial score (nSPS) is 9.83. The highest BCUT2D eigenvalue weighted by Crippen LogP contribution is 2.20. The minimum Gasteiger partial charge on any atom is -0.502 e. The van der Waals surface area contributed by atoms with Crippen LogP contribution in [-0.2, 0) is 18.9 Å². The quantitative estimate of drug-likeness (QED) is 0.334. The molecule has 0 atom stereocenters. The molecule has 2 N–H and O–H groups in total. The maximum Gasteiger partial charge on any atom is 0.411 e. The Balaban J connectivity index is 2.31. The molecule has 0 spiro atoms. The number of benzene rings is 1. The molecule has 0 radical (unpaired) electrons. The topological polar surface area (TPSA) is 95.1 Å². The lowest BCUT2D eigenvalue weighted by atomic mass is 10.2. The van der Waals surface area contributed by atoms with E-state index in [0.717, 1.165) is 18.4 Å². The lowest BCUT2D eigenvalue weighted by molar-refractivity contribution is 0.153. The van der Waals surface area contributed by atoms with Crippen molar-refractivity contribution in [2.24, 2.45) is 0 Å². The van der Waals surface area contributed by atoms with Gasteiger partial charge in [0.15, 0.2) is 0 Å². The molecule has 0 bridgehead atoms. The molecule has 0 aliphatic heterocycles. The van der Waals surface area contributed by atoms with Gasteiger partial charge in [-0.25, -0.2) is 9.59 Å². The molecule has 0 aliphatic rings. The molecule has 160 valence electrons. The van der Waals surface area contributed by atoms with E-state index in [0.29, 0.717) is 50.6 Å². The summed E-state index contributed by atoms with van der Waals surface area (Å²) in [4.78, 5) is 23.6. The van der Waals surface area contributed by atoms with Crippen molar-refractivity contribution >= 4 is 23.6 Å². The monoisotopic (exact) mass is 406 g/mol. The van der Waals surface area contributed by atoms with Crippen LogP contribution < -0.4 is 10.6 Å². The number of ether oxygens (including phenoxy) is 4. The van der Waals surface area contributed by atoms with E-state index < -0.39 is 12.2 Å². The summed E-state index contributed by atoms with van der Waals surface area (Å²) < 4.78 is 20.2. The SMILES string of the molecule is C=COCCCCOC(=O)Nc1ccc(NC(=O)OCCCCOC=C)c(C)c1. The first-order chi connectivity index (χ1) is 14.1. The Hall–Kier alpha value is -3.16. The van der Waals surface area contributed by atoms with Crippen LogP contribution in [0.15, 0.2) is 43.9 Å². The smallest absolute Gasteiger partial charge is 0.411 e. The Labute approximate surface area is 171 Å². The molecule has 2 amide bonds. The third-order valence-corrected chi connectivity index (χ3v) is 3.72. The summed E-state index contributed by atoms with van der Waals surface area (Å²) in [7, 11) is 0. The van der Waals surface area contributed by atoms with Crippen molar-refractivity contribution in [1.82, 2.24) is 0 Å². The second-order valence-electron chi connectivity index (χ2n) is 6.04. The molecule has 8 heteroatoms. The van der Waals surface area contributed by atoms with Crippen molar-refractivity contribution in [2.75, 3.05) is 37.1 Å². The molecule has 1 aromatic rings. The van der Waals surface area contributed by atoms with Gasteiger partial charge in [0.2, 0.25) is 0 Å². The standard InChI is InChI=1S/C21H30N2O6/c1-4-26-12-6-8-14-28-20(24)22-18-10-11-19(17(3)16-18)23-21(25)29-15-9-7-13-27-5-2/h4-5,10-11,16H,1-2,6-9,12-15H2,3H3,(H,22,24)(H,23,25).